The molecule has 0 unspecified atom stereocenters. The van der Waals surface area contributed by atoms with E-state index in [9.17, 15) is 10.1 Å². The van der Waals surface area contributed by atoms with Crippen LogP contribution in [-0.2, 0) is 0 Å². The summed E-state index contributed by atoms with van der Waals surface area (Å²) in [7, 11) is 0. The Morgan fingerprint density at radius 3 is 2.28 bits per heavy atom. The zero-order valence-electron chi connectivity index (χ0n) is 9.88. The van der Waals surface area contributed by atoms with E-state index in [2.05, 4.69) is 5.92 Å². The lowest BCUT2D eigenvalue weighted by molar-refractivity contribution is -0.385. The molecule has 0 saturated carbocycles. The quantitative estimate of drug-likeness (QED) is 0.455. The first-order chi connectivity index (χ1) is 8.61. The van der Waals surface area contributed by atoms with Crippen LogP contribution >= 0.6 is 0 Å². The van der Waals surface area contributed by atoms with E-state index in [1.807, 2.05) is 31.2 Å². The number of nitro groups is 1. The fourth-order valence-corrected chi connectivity index (χ4v) is 1.74. The molecule has 18 heavy (non-hydrogen) atoms. The standard InChI is InChI=1S/C15H11NO2/c1-3-12-10-14(8-9-15(12)16(17)18)13-6-4-11(2)5-7-13/h1,4-10H,2H3. The third-order valence-corrected chi connectivity index (χ3v) is 2.73. The van der Waals surface area contributed by atoms with E-state index in [1.165, 1.54) is 6.07 Å². The van der Waals surface area contributed by atoms with Crippen LogP contribution in [0.15, 0.2) is 42.5 Å². The normalized spacial score (nSPS) is 9.78. The summed E-state index contributed by atoms with van der Waals surface area (Å²) in [5, 5.41) is 10.8. The molecule has 3 nitrogen and oxygen atoms in total. The molecule has 2 aromatic rings. The Bertz CT molecular complexity index is 637. The van der Waals surface area contributed by atoms with Crippen molar-refractivity contribution in [3.05, 3.63) is 63.7 Å². The predicted molar refractivity (Wildman–Crippen MR) is 71.2 cm³/mol. The Kier molecular flexibility index (Phi) is 3.11. The first kappa shape index (κ1) is 11.9. The highest BCUT2D eigenvalue weighted by atomic mass is 16.6. The van der Waals surface area contributed by atoms with Crippen molar-refractivity contribution in [2.45, 2.75) is 6.92 Å². The van der Waals surface area contributed by atoms with Gasteiger partial charge in [0.15, 0.2) is 0 Å². The minimum Gasteiger partial charge on any atom is -0.258 e. The molecule has 0 fully saturated rings. The topological polar surface area (TPSA) is 43.1 Å². The average molecular weight is 237 g/mol. The zero-order valence-corrected chi connectivity index (χ0v) is 9.88. The number of nitrogens with zero attached hydrogens (tertiary/aromatic N) is 1. The van der Waals surface area contributed by atoms with Gasteiger partial charge >= 0.3 is 0 Å². The molecule has 2 aromatic carbocycles. The van der Waals surface area contributed by atoms with Crippen molar-refractivity contribution < 1.29 is 4.92 Å². The Morgan fingerprint density at radius 1 is 1.11 bits per heavy atom. The lowest BCUT2D eigenvalue weighted by atomic mass is 10.0. The van der Waals surface area contributed by atoms with Gasteiger partial charge in [-0.15, -0.1) is 6.42 Å². The van der Waals surface area contributed by atoms with Crippen LogP contribution in [0, 0.1) is 29.4 Å². The summed E-state index contributed by atoms with van der Waals surface area (Å²) in [6, 6.07) is 12.8. The second kappa shape index (κ2) is 4.72. The van der Waals surface area contributed by atoms with Gasteiger partial charge in [0.05, 0.1) is 4.92 Å². The number of terminal acetylenes is 1. The molecule has 0 N–H and O–H groups in total. The van der Waals surface area contributed by atoms with Gasteiger partial charge in [-0.25, -0.2) is 0 Å². The second-order valence-corrected chi connectivity index (χ2v) is 4.00. The van der Waals surface area contributed by atoms with Crippen molar-refractivity contribution in [1.29, 1.82) is 0 Å². The minimum absolute atomic E-state index is 0.0339. The maximum absolute atomic E-state index is 10.8. The number of rotatable bonds is 2. The number of nitro benzene ring substituents is 1. The van der Waals surface area contributed by atoms with Crippen molar-refractivity contribution in [2.75, 3.05) is 0 Å². The molecule has 3 heteroatoms. The number of aryl methyl sites for hydroxylation is 1. The molecule has 0 radical (unpaired) electrons. The van der Waals surface area contributed by atoms with Crippen LogP contribution in [0.3, 0.4) is 0 Å². The molecule has 2 rings (SSSR count). The summed E-state index contributed by atoms with van der Waals surface area (Å²) in [4.78, 5) is 10.3. The Hall–Kier alpha value is -2.60. The van der Waals surface area contributed by atoms with E-state index < -0.39 is 4.92 Å². The molecule has 0 amide bonds. The molecule has 0 heterocycles. The highest BCUT2D eigenvalue weighted by Crippen LogP contribution is 2.26. The van der Waals surface area contributed by atoms with Gasteiger partial charge < -0.3 is 0 Å². The van der Waals surface area contributed by atoms with E-state index >= 15 is 0 Å². The summed E-state index contributed by atoms with van der Waals surface area (Å²) >= 11 is 0. The summed E-state index contributed by atoms with van der Waals surface area (Å²) in [6.07, 6.45) is 5.31. The number of hydrogen-bond donors (Lipinski definition) is 0. The Balaban J connectivity index is 2.51. The molecule has 88 valence electrons. The Morgan fingerprint density at radius 2 is 1.72 bits per heavy atom. The molecular formula is C15H11NO2. The maximum Gasteiger partial charge on any atom is 0.284 e. The third kappa shape index (κ3) is 2.23. The van der Waals surface area contributed by atoms with Crippen molar-refractivity contribution in [2.24, 2.45) is 0 Å². The van der Waals surface area contributed by atoms with Crippen molar-refractivity contribution in [1.82, 2.24) is 0 Å². The number of benzene rings is 2. The fraction of sp³-hybridized carbons (Fsp3) is 0.0667. The molecule has 0 spiro atoms. The van der Waals surface area contributed by atoms with Crippen LogP contribution in [0.4, 0.5) is 5.69 Å². The van der Waals surface area contributed by atoms with Crippen molar-refractivity contribution in [3.63, 3.8) is 0 Å². The van der Waals surface area contributed by atoms with Gasteiger partial charge in [0.2, 0.25) is 0 Å². The van der Waals surface area contributed by atoms with Crippen LogP contribution < -0.4 is 0 Å². The highest BCUT2D eigenvalue weighted by Gasteiger charge is 2.12. The van der Waals surface area contributed by atoms with Gasteiger partial charge in [0.1, 0.15) is 5.56 Å². The summed E-state index contributed by atoms with van der Waals surface area (Å²) in [5.74, 6) is 2.36. The lowest BCUT2D eigenvalue weighted by Gasteiger charge is -2.03. The van der Waals surface area contributed by atoms with Crippen molar-refractivity contribution >= 4 is 5.69 Å². The zero-order chi connectivity index (χ0) is 13.1. The summed E-state index contributed by atoms with van der Waals surface area (Å²) < 4.78 is 0. The van der Waals surface area contributed by atoms with Gasteiger partial charge in [-0.3, -0.25) is 10.1 Å². The van der Waals surface area contributed by atoms with Gasteiger partial charge in [0.25, 0.3) is 5.69 Å². The van der Waals surface area contributed by atoms with E-state index in [4.69, 9.17) is 6.42 Å². The molecule has 0 aromatic heterocycles. The highest BCUT2D eigenvalue weighted by molar-refractivity contribution is 5.69. The van der Waals surface area contributed by atoms with E-state index in [1.54, 1.807) is 12.1 Å². The van der Waals surface area contributed by atoms with Gasteiger partial charge in [-0.2, -0.15) is 0 Å². The monoisotopic (exact) mass is 237 g/mol. The predicted octanol–water partition coefficient (Wildman–Crippen LogP) is 3.55. The molecule has 0 bridgehead atoms. The fourth-order valence-electron chi connectivity index (χ4n) is 1.74. The molecular weight excluding hydrogens is 226 g/mol. The molecule has 0 aliphatic rings. The summed E-state index contributed by atoms with van der Waals surface area (Å²) in [5.41, 5.74) is 3.31. The van der Waals surface area contributed by atoms with E-state index in [0.717, 1.165) is 16.7 Å². The van der Waals surface area contributed by atoms with Crippen LogP contribution in [0.1, 0.15) is 11.1 Å². The van der Waals surface area contributed by atoms with Crippen LogP contribution in [0.25, 0.3) is 11.1 Å². The largest absolute Gasteiger partial charge is 0.284 e. The SMILES string of the molecule is C#Cc1cc(-c2ccc(C)cc2)ccc1[N+](=O)[O-]. The van der Waals surface area contributed by atoms with E-state index in [0.29, 0.717) is 5.56 Å². The van der Waals surface area contributed by atoms with Crippen LogP contribution in [0.2, 0.25) is 0 Å². The third-order valence-electron chi connectivity index (χ3n) is 2.73. The molecule has 0 aliphatic heterocycles. The van der Waals surface area contributed by atoms with Crippen molar-refractivity contribution in [3.8, 4) is 23.5 Å². The number of hydrogen-bond acceptors (Lipinski definition) is 2. The summed E-state index contributed by atoms with van der Waals surface area (Å²) in [6.45, 7) is 2.01. The first-order valence-electron chi connectivity index (χ1n) is 5.44. The first-order valence-corrected chi connectivity index (χ1v) is 5.44. The van der Waals surface area contributed by atoms with Gasteiger partial charge in [-0.1, -0.05) is 35.7 Å². The van der Waals surface area contributed by atoms with E-state index in [-0.39, 0.29) is 5.69 Å². The smallest absolute Gasteiger partial charge is 0.258 e. The molecule has 0 atom stereocenters. The van der Waals surface area contributed by atoms with Gasteiger partial charge in [0, 0.05) is 6.07 Å². The molecule has 0 saturated heterocycles. The maximum atomic E-state index is 10.8. The minimum atomic E-state index is -0.464. The van der Waals surface area contributed by atoms with Crippen LogP contribution in [0.5, 0.6) is 0 Å². The lowest BCUT2D eigenvalue weighted by Crippen LogP contribution is -1.92. The van der Waals surface area contributed by atoms with Crippen LogP contribution in [-0.4, -0.2) is 4.92 Å². The second-order valence-electron chi connectivity index (χ2n) is 4.00. The average Bonchev–Trinajstić information content (AvgIpc) is 2.38. The van der Waals surface area contributed by atoms with Gasteiger partial charge in [-0.05, 0) is 30.2 Å². The molecule has 0 aliphatic carbocycles. The Labute approximate surface area is 105 Å².